The molecular formula is C26H29N3O4S. The molecule has 8 heteroatoms. The minimum Gasteiger partial charge on any atom is -0.478 e. The average molecular weight is 480 g/mol. The molecule has 0 spiro atoms. The van der Waals surface area contributed by atoms with Gasteiger partial charge in [-0.1, -0.05) is 32.9 Å². The van der Waals surface area contributed by atoms with Crippen LogP contribution in [-0.2, 0) is 10.2 Å². The summed E-state index contributed by atoms with van der Waals surface area (Å²) in [5.41, 5.74) is 3.91. The SMILES string of the molecule is CC(C)(C)c1ccc(O[C@@H]2C(=O)N(C3CCN(C(=O)c4ccco4)CC3)[C@@H]2c2cscn2)cc1. The molecule has 0 unspecified atom stereocenters. The maximum Gasteiger partial charge on any atom is 0.289 e. The molecule has 3 aromatic rings. The zero-order chi connectivity index (χ0) is 23.9. The second-order valence-electron chi connectivity index (χ2n) is 9.92. The van der Waals surface area contributed by atoms with Gasteiger partial charge in [-0.25, -0.2) is 4.98 Å². The Morgan fingerprint density at radius 1 is 1.15 bits per heavy atom. The van der Waals surface area contributed by atoms with Gasteiger partial charge in [0.1, 0.15) is 11.8 Å². The first-order valence-corrected chi connectivity index (χ1v) is 12.6. The maximum atomic E-state index is 13.3. The van der Waals surface area contributed by atoms with Gasteiger partial charge in [-0.3, -0.25) is 9.59 Å². The molecule has 0 saturated carbocycles. The lowest BCUT2D eigenvalue weighted by atomic mass is 9.87. The monoisotopic (exact) mass is 479 g/mol. The molecule has 0 radical (unpaired) electrons. The summed E-state index contributed by atoms with van der Waals surface area (Å²) in [7, 11) is 0. The van der Waals surface area contributed by atoms with Gasteiger partial charge in [-0.05, 0) is 48.1 Å². The summed E-state index contributed by atoms with van der Waals surface area (Å²) < 4.78 is 11.4. The first-order valence-electron chi connectivity index (χ1n) is 11.6. The van der Waals surface area contributed by atoms with E-state index in [4.69, 9.17) is 9.15 Å². The summed E-state index contributed by atoms with van der Waals surface area (Å²) in [5, 5.41) is 1.98. The summed E-state index contributed by atoms with van der Waals surface area (Å²) in [5.74, 6) is 0.915. The van der Waals surface area contributed by atoms with E-state index in [0.29, 0.717) is 37.4 Å². The lowest BCUT2D eigenvalue weighted by Crippen LogP contribution is -2.65. The lowest BCUT2D eigenvalue weighted by Gasteiger charge is -2.51. The highest BCUT2D eigenvalue weighted by atomic mass is 32.1. The van der Waals surface area contributed by atoms with E-state index in [0.717, 1.165) is 5.69 Å². The van der Waals surface area contributed by atoms with Crippen molar-refractivity contribution in [2.75, 3.05) is 13.1 Å². The number of aromatic nitrogens is 1. The number of nitrogens with zero attached hydrogens (tertiary/aromatic N) is 3. The van der Waals surface area contributed by atoms with E-state index >= 15 is 0 Å². The van der Waals surface area contributed by atoms with Crippen LogP contribution in [0, 0.1) is 0 Å². The highest BCUT2D eigenvalue weighted by Crippen LogP contribution is 2.41. The zero-order valence-corrected chi connectivity index (χ0v) is 20.5. The molecule has 0 bridgehead atoms. The van der Waals surface area contributed by atoms with Crippen LogP contribution in [0.3, 0.4) is 0 Å². The van der Waals surface area contributed by atoms with Crippen LogP contribution in [-0.4, -0.2) is 51.8 Å². The molecule has 1 aromatic carbocycles. The van der Waals surface area contributed by atoms with Gasteiger partial charge in [0.25, 0.3) is 11.8 Å². The van der Waals surface area contributed by atoms with Crippen LogP contribution in [0.5, 0.6) is 5.75 Å². The van der Waals surface area contributed by atoms with E-state index in [9.17, 15) is 9.59 Å². The molecule has 2 fully saturated rings. The van der Waals surface area contributed by atoms with Crippen molar-refractivity contribution in [1.29, 1.82) is 0 Å². The number of hydrogen-bond acceptors (Lipinski definition) is 6. The highest BCUT2D eigenvalue weighted by molar-refractivity contribution is 7.07. The van der Waals surface area contributed by atoms with E-state index in [-0.39, 0.29) is 29.3 Å². The number of amides is 2. The van der Waals surface area contributed by atoms with Crippen molar-refractivity contribution in [3.05, 3.63) is 70.6 Å². The lowest BCUT2D eigenvalue weighted by molar-refractivity contribution is -0.171. The smallest absolute Gasteiger partial charge is 0.289 e. The van der Waals surface area contributed by atoms with Crippen molar-refractivity contribution < 1.29 is 18.7 Å². The fourth-order valence-corrected chi connectivity index (χ4v) is 5.34. The Morgan fingerprint density at radius 2 is 1.88 bits per heavy atom. The van der Waals surface area contributed by atoms with Crippen LogP contribution < -0.4 is 4.74 Å². The number of piperidine rings is 1. The number of thiazole rings is 1. The number of rotatable bonds is 5. The van der Waals surface area contributed by atoms with Crippen LogP contribution in [0.4, 0.5) is 0 Å². The number of likely N-dealkylation sites (tertiary alicyclic amines) is 2. The summed E-state index contributed by atoms with van der Waals surface area (Å²) >= 11 is 1.51. The largest absolute Gasteiger partial charge is 0.478 e. The summed E-state index contributed by atoms with van der Waals surface area (Å²) in [4.78, 5) is 34.1. The summed E-state index contributed by atoms with van der Waals surface area (Å²) in [6.07, 6.45) is 2.34. The molecule has 2 saturated heterocycles. The zero-order valence-electron chi connectivity index (χ0n) is 19.6. The predicted molar refractivity (Wildman–Crippen MR) is 129 cm³/mol. The highest BCUT2D eigenvalue weighted by Gasteiger charge is 2.54. The van der Waals surface area contributed by atoms with Gasteiger partial charge >= 0.3 is 0 Å². The molecule has 2 aliphatic rings. The second kappa shape index (κ2) is 8.91. The maximum absolute atomic E-state index is 13.3. The molecule has 5 rings (SSSR count). The van der Waals surface area contributed by atoms with Crippen LogP contribution in [0.25, 0.3) is 0 Å². The van der Waals surface area contributed by atoms with E-state index in [1.54, 1.807) is 22.5 Å². The molecule has 7 nitrogen and oxygen atoms in total. The molecule has 2 amide bonds. The number of hydrogen-bond donors (Lipinski definition) is 0. The van der Waals surface area contributed by atoms with Gasteiger partial charge in [-0.2, -0.15) is 0 Å². The fourth-order valence-electron chi connectivity index (χ4n) is 4.75. The Bertz CT molecular complexity index is 1130. The van der Waals surface area contributed by atoms with Crippen LogP contribution in [0.15, 0.2) is 58.0 Å². The van der Waals surface area contributed by atoms with Crippen molar-refractivity contribution in [3.63, 3.8) is 0 Å². The van der Waals surface area contributed by atoms with Crippen molar-refractivity contribution in [2.24, 2.45) is 0 Å². The first-order chi connectivity index (χ1) is 16.3. The van der Waals surface area contributed by atoms with Crippen LogP contribution in [0.2, 0.25) is 0 Å². The van der Waals surface area contributed by atoms with Crippen molar-refractivity contribution >= 4 is 23.2 Å². The molecule has 4 heterocycles. The normalized spacial score (nSPS) is 21.4. The van der Waals surface area contributed by atoms with Crippen LogP contribution >= 0.6 is 11.3 Å². The quantitative estimate of drug-likeness (QED) is 0.497. The Labute approximate surface area is 203 Å². The molecule has 2 atom stereocenters. The Balaban J connectivity index is 1.28. The minimum absolute atomic E-state index is 0.0197. The van der Waals surface area contributed by atoms with Gasteiger partial charge in [0, 0.05) is 24.5 Å². The molecule has 178 valence electrons. The molecular weight excluding hydrogens is 450 g/mol. The topological polar surface area (TPSA) is 75.9 Å². The summed E-state index contributed by atoms with van der Waals surface area (Å²) in [6, 6.07) is 11.2. The first kappa shape index (κ1) is 22.7. The second-order valence-corrected chi connectivity index (χ2v) is 10.6. The Hall–Kier alpha value is -3.13. The van der Waals surface area contributed by atoms with E-state index in [2.05, 4.69) is 37.9 Å². The number of carbonyl (C=O) groups is 2. The number of ether oxygens (including phenoxy) is 1. The molecule has 34 heavy (non-hydrogen) atoms. The molecule has 2 aliphatic heterocycles. The van der Waals surface area contributed by atoms with Gasteiger partial charge in [0.2, 0.25) is 6.10 Å². The molecule has 0 N–H and O–H groups in total. The minimum atomic E-state index is -0.592. The van der Waals surface area contributed by atoms with Crippen molar-refractivity contribution in [2.45, 2.75) is 57.2 Å². The van der Waals surface area contributed by atoms with E-state index < -0.39 is 6.10 Å². The summed E-state index contributed by atoms with van der Waals surface area (Å²) in [6.45, 7) is 7.67. The fraction of sp³-hybridized carbons (Fsp3) is 0.423. The van der Waals surface area contributed by atoms with Crippen LogP contribution in [0.1, 0.15) is 61.5 Å². The number of carbonyl (C=O) groups excluding carboxylic acids is 2. The predicted octanol–water partition coefficient (Wildman–Crippen LogP) is 4.67. The third-order valence-electron chi connectivity index (χ3n) is 6.70. The van der Waals surface area contributed by atoms with Gasteiger partial charge in [0.15, 0.2) is 5.76 Å². The number of β-lactam (4-membered cyclic amide) rings is 1. The molecule has 2 aromatic heterocycles. The van der Waals surface area contributed by atoms with E-state index in [1.165, 1.54) is 23.2 Å². The third-order valence-corrected chi connectivity index (χ3v) is 7.30. The van der Waals surface area contributed by atoms with Crippen molar-refractivity contribution in [3.8, 4) is 5.75 Å². The van der Waals surface area contributed by atoms with Gasteiger partial charge < -0.3 is 19.0 Å². The number of furan rings is 1. The Morgan fingerprint density at radius 3 is 2.47 bits per heavy atom. The van der Waals surface area contributed by atoms with Gasteiger partial charge in [-0.15, -0.1) is 11.3 Å². The average Bonchev–Trinajstić information content (AvgIpc) is 3.55. The van der Waals surface area contributed by atoms with Crippen molar-refractivity contribution in [1.82, 2.24) is 14.8 Å². The number of benzene rings is 1. The molecule has 0 aliphatic carbocycles. The third kappa shape index (κ3) is 4.22. The Kier molecular flexibility index (Phi) is 5.93. The van der Waals surface area contributed by atoms with E-state index in [1.807, 2.05) is 22.4 Å². The standard InChI is InChI=1S/C26H29N3O4S/c1-26(2,3)17-6-8-19(9-7-17)33-23-22(20-15-34-16-27-20)29(25(23)31)18-10-12-28(13-11-18)24(30)21-5-4-14-32-21/h4-9,14-16,18,22-23H,10-13H2,1-3H3/t22-,23+/m1/s1. The van der Waals surface area contributed by atoms with Gasteiger partial charge in [0.05, 0.1) is 17.5 Å².